The van der Waals surface area contributed by atoms with E-state index in [1.54, 1.807) is 0 Å². The van der Waals surface area contributed by atoms with Gasteiger partial charge in [0.15, 0.2) is 5.78 Å². The Kier molecular flexibility index (Phi) is 7.52. The number of amides is 2. The first-order valence-electron chi connectivity index (χ1n) is 4.90. The normalized spacial score (nSPS) is 9.78. The molecule has 0 bridgehead atoms. The van der Waals surface area contributed by atoms with Crippen molar-refractivity contribution in [2.75, 3.05) is 24.6 Å². The number of carbonyl (C=O) groups is 4. The Balaban J connectivity index is 3.99. The second-order valence-corrected chi connectivity index (χ2v) is 4.45. The van der Waals surface area contributed by atoms with E-state index in [0.717, 1.165) is 11.8 Å². The lowest BCUT2D eigenvalue weighted by Crippen LogP contribution is -2.39. The minimum atomic E-state index is -1.46. The highest BCUT2D eigenvalue weighted by Crippen LogP contribution is 2.03. The lowest BCUT2D eigenvalue weighted by molar-refractivity contribution is -0.138. The first kappa shape index (κ1) is 16.2. The molecular formula is C9H14N2O6S. The van der Waals surface area contributed by atoms with E-state index in [9.17, 15) is 19.2 Å². The maximum atomic E-state index is 11.3. The molecule has 0 aromatic carbocycles. The number of ketones is 1. The lowest BCUT2D eigenvalue weighted by Gasteiger charge is -2.15. The van der Waals surface area contributed by atoms with Crippen LogP contribution in [0, 0.1) is 0 Å². The summed E-state index contributed by atoms with van der Waals surface area (Å²) >= 11 is 1.14. The molecule has 2 amide bonds. The average Bonchev–Trinajstić information content (AvgIpc) is 2.22. The van der Waals surface area contributed by atoms with Gasteiger partial charge in [0.25, 0.3) is 0 Å². The smallest absolute Gasteiger partial charge is 0.408 e. The Morgan fingerprint density at radius 2 is 1.72 bits per heavy atom. The molecule has 0 aliphatic carbocycles. The molecule has 0 fully saturated rings. The topological polar surface area (TPSA) is 138 Å². The molecule has 0 aromatic rings. The average molecular weight is 278 g/mol. The second-order valence-electron chi connectivity index (χ2n) is 3.34. The number of aliphatic carboxylic acids is 1. The van der Waals surface area contributed by atoms with E-state index >= 15 is 0 Å². The van der Waals surface area contributed by atoms with Gasteiger partial charge in [-0.1, -0.05) is 0 Å². The zero-order chi connectivity index (χ0) is 14.1. The maximum Gasteiger partial charge on any atom is 0.408 e. The van der Waals surface area contributed by atoms with Crippen LogP contribution in [0.1, 0.15) is 6.42 Å². The van der Waals surface area contributed by atoms with Gasteiger partial charge in [-0.05, 0) is 0 Å². The number of rotatable bonds is 9. The fraction of sp³-hybridized carbons (Fsp3) is 0.556. The van der Waals surface area contributed by atoms with Crippen LogP contribution in [0.15, 0.2) is 0 Å². The molecule has 0 aliphatic heterocycles. The molecule has 9 heteroatoms. The van der Waals surface area contributed by atoms with Gasteiger partial charge in [-0.3, -0.25) is 19.3 Å². The van der Waals surface area contributed by atoms with Gasteiger partial charge in [0.05, 0.1) is 12.3 Å². The number of carboxylic acids is 1. The number of primary amides is 1. The van der Waals surface area contributed by atoms with Crippen molar-refractivity contribution in [3.05, 3.63) is 0 Å². The quantitative estimate of drug-likeness (QED) is 0.470. The van der Waals surface area contributed by atoms with Crippen molar-refractivity contribution in [2.24, 2.45) is 5.73 Å². The molecule has 102 valence electrons. The van der Waals surface area contributed by atoms with Gasteiger partial charge < -0.3 is 15.9 Å². The predicted molar refractivity (Wildman–Crippen MR) is 63.4 cm³/mol. The summed E-state index contributed by atoms with van der Waals surface area (Å²) in [6.45, 7) is -1.22. The van der Waals surface area contributed by atoms with Crippen LogP contribution in [0.3, 0.4) is 0 Å². The molecule has 0 saturated heterocycles. The number of carboxylic acid groups (broad SMARTS) is 2. The third-order valence-corrected chi connectivity index (χ3v) is 2.74. The van der Waals surface area contributed by atoms with E-state index in [4.69, 9.17) is 15.9 Å². The van der Waals surface area contributed by atoms with Crippen LogP contribution < -0.4 is 5.73 Å². The number of thioether (sulfide) groups is 1. The van der Waals surface area contributed by atoms with Crippen LogP contribution in [-0.4, -0.2) is 63.5 Å². The minimum Gasteiger partial charge on any atom is -0.480 e. The fourth-order valence-corrected chi connectivity index (χ4v) is 1.78. The zero-order valence-corrected chi connectivity index (χ0v) is 10.3. The highest BCUT2D eigenvalue weighted by molar-refractivity contribution is 7.99. The van der Waals surface area contributed by atoms with Crippen molar-refractivity contribution >= 4 is 35.5 Å². The Hall–Kier alpha value is -1.77. The van der Waals surface area contributed by atoms with E-state index in [2.05, 4.69) is 0 Å². The number of nitrogens with zero attached hydrogens (tertiary/aromatic N) is 1. The van der Waals surface area contributed by atoms with Gasteiger partial charge in [0.2, 0.25) is 5.91 Å². The zero-order valence-electron chi connectivity index (χ0n) is 9.50. The van der Waals surface area contributed by atoms with Crippen LogP contribution in [0.4, 0.5) is 4.79 Å². The van der Waals surface area contributed by atoms with Gasteiger partial charge in [-0.25, -0.2) is 4.79 Å². The molecule has 4 N–H and O–H groups in total. The molecule has 0 saturated carbocycles. The molecule has 0 unspecified atom stereocenters. The summed E-state index contributed by atoms with van der Waals surface area (Å²) in [6, 6.07) is 0. The first-order chi connectivity index (χ1) is 8.32. The second kappa shape index (κ2) is 8.34. The van der Waals surface area contributed by atoms with Crippen molar-refractivity contribution in [1.29, 1.82) is 0 Å². The molecule has 18 heavy (non-hydrogen) atoms. The highest BCUT2D eigenvalue weighted by Gasteiger charge is 2.18. The van der Waals surface area contributed by atoms with E-state index in [0.29, 0.717) is 10.7 Å². The van der Waals surface area contributed by atoms with Gasteiger partial charge in [0, 0.05) is 12.2 Å². The van der Waals surface area contributed by atoms with Crippen molar-refractivity contribution in [1.82, 2.24) is 4.90 Å². The summed E-state index contributed by atoms with van der Waals surface area (Å²) in [7, 11) is 0. The number of hydrogen-bond acceptors (Lipinski definition) is 5. The molecule has 0 aromatic heterocycles. The molecule has 8 nitrogen and oxygen atoms in total. The summed E-state index contributed by atoms with van der Waals surface area (Å²) in [5.74, 6) is -1.85. The van der Waals surface area contributed by atoms with Gasteiger partial charge in [-0.15, -0.1) is 0 Å². The predicted octanol–water partition coefficient (Wildman–Crippen LogP) is -0.771. The van der Waals surface area contributed by atoms with E-state index in [1.807, 2.05) is 0 Å². The summed E-state index contributed by atoms with van der Waals surface area (Å²) in [5.41, 5.74) is 4.90. The van der Waals surface area contributed by atoms with Gasteiger partial charge >= 0.3 is 12.1 Å². The van der Waals surface area contributed by atoms with Crippen molar-refractivity contribution in [3.8, 4) is 0 Å². The molecule has 0 radical (unpaired) electrons. The fourth-order valence-electron chi connectivity index (χ4n) is 0.972. The minimum absolute atomic E-state index is 0.0106. The van der Waals surface area contributed by atoms with Crippen LogP contribution in [-0.2, 0) is 14.4 Å². The highest BCUT2D eigenvalue weighted by atomic mass is 32.2. The summed E-state index contributed by atoms with van der Waals surface area (Å²) in [6.07, 6.45) is -1.33. The van der Waals surface area contributed by atoms with E-state index in [1.165, 1.54) is 0 Å². The Labute approximate surface area is 107 Å². The molecule has 0 spiro atoms. The van der Waals surface area contributed by atoms with Crippen LogP contribution in [0.2, 0.25) is 0 Å². The summed E-state index contributed by atoms with van der Waals surface area (Å²) in [5, 5.41) is 17.1. The molecule has 0 heterocycles. The van der Waals surface area contributed by atoms with Crippen LogP contribution in [0.25, 0.3) is 0 Å². The number of nitrogens with two attached hydrogens (primary N) is 1. The Bertz CT molecular complexity index is 346. The number of Topliss-reactive ketones (excluding diaryl/α,β-unsaturated/α-hetero) is 1. The van der Waals surface area contributed by atoms with E-state index in [-0.39, 0.29) is 12.2 Å². The maximum absolute atomic E-state index is 11.3. The molecule has 0 rings (SSSR count). The van der Waals surface area contributed by atoms with Crippen molar-refractivity contribution in [2.45, 2.75) is 6.42 Å². The van der Waals surface area contributed by atoms with Crippen LogP contribution >= 0.6 is 11.8 Å². The van der Waals surface area contributed by atoms with E-state index < -0.39 is 36.8 Å². The number of carbonyl (C=O) groups excluding carboxylic acids is 2. The number of hydrogen-bond donors (Lipinski definition) is 3. The van der Waals surface area contributed by atoms with Gasteiger partial charge in [-0.2, -0.15) is 11.8 Å². The van der Waals surface area contributed by atoms with Crippen molar-refractivity contribution in [3.63, 3.8) is 0 Å². The summed E-state index contributed by atoms with van der Waals surface area (Å²) in [4.78, 5) is 43.3. The standard InChI is InChI=1S/C9H14N2O6S/c10-7(13)1-2-18-5-6(12)3-11(9(16)17)4-8(14)15/h1-5H2,(H2,10,13)(H,14,15)(H,16,17). The molecule has 0 aliphatic rings. The van der Waals surface area contributed by atoms with Crippen molar-refractivity contribution < 1.29 is 29.4 Å². The lowest BCUT2D eigenvalue weighted by atomic mass is 10.4. The third-order valence-electron chi connectivity index (χ3n) is 1.72. The first-order valence-corrected chi connectivity index (χ1v) is 6.05. The largest absolute Gasteiger partial charge is 0.480 e. The van der Waals surface area contributed by atoms with Crippen LogP contribution in [0.5, 0.6) is 0 Å². The SMILES string of the molecule is NC(=O)CCSCC(=O)CN(CC(=O)O)C(=O)O. The third kappa shape index (κ3) is 8.39. The monoisotopic (exact) mass is 278 g/mol. The Morgan fingerprint density at radius 1 is 1.11 bits per heavy atom. The molecular weight excluding hydrogens is 264 g/mol. The Morgan fingerprint density at radius 3 is 2.17 bits per heavy atom. The van der Waals surface area contributed by atoms with Gasteiger partial charge in [0.1, 0.15) is 6.54 Å². The summed E-state index contributed by atoms with van der Waals surface area (Å²) < 4.78 is 0. The molecule has 0 atom stereocenters.